The van der Waals surface area contributed by atoms with Crippen molar-refractivity contribution in [3.63, 3.8) is 0 Å². The fourth-order valence-corrected chi connectivity index (χ4v) is 1.29. The van der Waals surface area contributed by atoms with E-state index in [1.807, 2.05) is 0 Å². The SMILES string of the molecule is CCOC(=O)Cc1ccc(Cl)c(F)c1N. The first kappa shape index (κ1) is 11.8. The van der Waals surface area contributed by atoms with Crippen molar-refractivity contribution in [3.8, 4) is 0 Å². The van der Waals surface area contributed by atoms with E-state index < -0.39 is 11.8 Å². The maximum Gasteiger partial charge on any atom is 0.310 e. The molecule has 1 aromatic rings. The molecular weight excluding hydrogens is 221 g/mol. The molecule has 0 aliphatic carbocycles. The first-order chi connectivity index (χ1) is 7.06. The summed E-state index contributed by atoms with van der Waals surface area (Å²) in [5, 5.41) is -0.0555. The van der Waals surface area contributed by atoms with Crippen molar-refractivity contribution in [1.82, 2.24) is 0 Å². The molecule has 0 aromatic heterocycles. The topological polar surface area (TPSA) is 52.3 Å². The summed E-state index contributed by atoms with van der Waals surface area (Å²) >= 11 is 5.51. The van der Waals surface area contributed by atoms with Crippen LogP contribution >= 0.6 is 11.6 Å². The zero-order valence-corrected chi connectivity index (χ0v) is 8.97. The third-order valence-corrected chi connectivity index (χ3v) is 2.15. The molecule has 0 spiro atoms. The van der Waals surface area contributed by atoms with Crippen molar-refractivity contribution in [2.75, 3.05) is 12.3 Å². The van der Waals surface area contributed by atoms with Gasteiger partial charge in [-0.1, -0.05) is 17.7 Å². The van der Waals surface area contributed by atoms with Gasteiger partial charge in [0.05, 0.1) is 23.7 Å². The normalized spacial score (nSPS) is 10.1. The van der Waals surface area contributed by atoms with Crippen LogP contribution in [-0.4, -0.2) is 12.6 Å². The maximum absolute atomic E-state index is 13.2. The molecule has 3 nitrogen and oxygen atoms in total. The number of carbonyl (C=O) groups is 1. The van der Waals surface area contributed by atoms with Crippen LogP contribution in [0.25, 0.3) is 0 Å². The second-order valence-corrected chi connectivity index (χ2v) is 3.32. The fourth-order valence-electron chi connectivity index (χ4n) is 1.13. The van der Waals surface area contributed by atoms with E-state index in [9.17, 15) is 9.18 Å². The number of ether oxygens (including phenoxy) is 1. The first-order valence-corrected chi connectivity index (χ1v) is 4.82. The van der Waals surface area contributed by atoms with Gasteiger partial charge >= 0.3 is 5.97 Å². The van der Waals surface area contributed by atoms with Crippen LogP contribution in [0, 0.1) is 5.82 Å². The molecule has 0 radical (unpaired) electrons. The molecule has 0 bridgehead atoms. The Kier molecular flexibility index (Phi) is 3.91. The van der Waals surface area contributed by atoms with Gasteiger partial charge in [-0.15, -0.1) is 0 Å². The number of carbonyl (C=O) groups excluding carboxylic acids is 1. The maximum atomic E-state index is 13.2. The number of hydrogen-bond donors (Lipinski definition) is 1. The van der Waals surface area contributed by atoms with Gasteiger partial charge in [0.2, 0.25) is 0 Å². The highest BCUT2D eigenvalue weighted by molar-refractivity contribution is 6.31. The predicted octanol–water partition coefficient (Wildman–Crippen LogP) is 2.17. The molecule has 82 valence electrons. The molecule has 0 saturated heterocycles. The van der Waals surface area contributed by atoms with Gasteiger partial charge in [0.25, 0.3) is 0 Å². The molecule has 0 aliphatic heterocycles. The van der Waals surface area contributed by atoms with Crippen LogP contribution in [0.4, 0.5) is 10.1 Å². The molecule has 0 heterocycles. The molecule has 0 unspecified atom stereocenters. The van der Waals surface area contributed by atoms with E-state index >= 15 is 0 Å². The quantitative estimate of drug-likeness (QED) is 0.641. The molecule has 0 atom stereocenters. The van der Waals surface area contributed by atoms with Crippen molar-refractivity contribution in [3.05, 3.63) is 28.5 Å². The van der Waals surface area contributed by atoms with Crippen LogP contribution in [0.2, 0.25) is 5.02 Å². The molecule has 0 aliphatic rings. The number of hydrogen-bond acceptors (Lipinski definition) is 3. The smallest absolute Gasteiger partial charge is 0.310 e. The molecule has 0 fully saturated rings. The van der Waals surface area contributed by atoms with E-state index in [1.165, 1.54) is 12.1 Å². The minimum Gasteiger partial charge on any atom is -0.466 e. The lowest BCUT2D eigenvalue weighted by Gasteiger charge is -2.07. The number of halogens is 2. The van der Waals surface area contributed by atoms with E-state index in [0.29, 0.717) is 5.56 Å². The Balaban J connectivity index is 2.87. The van der Waals surface area contributed by atoms with Crippen molar-refractivity contribution in [2.24, 2.45) is 0 Å². The summed E-state index contributed by atoms with van der Waals surface area (Å²) in [4.78, 5) is 11.1. The molecule has 15 heavy (non-hydrogen) atoms. The van der Waals surface area contributed by atoms with E-state index in [4.69, 9.17) is 22.1 Å². The third kappa shape index (κ3) is 2.83. The van der Waals surface area contributed by atoms with Crippen molar-refractivity contribution in [1.29, 1.82) is 0 Å². The Labute approximate surface area is 92.0 Å². The standard InChI is InChI=1S/C10H11ClFNO2/c1-2-15-8(14)5-6-3-4-7(11)9(12)10(6)13/h3-4H,2,5,13H2,1H3. The highest BCUT2D eigenvalue weighted by Crippen LogP contribution is 2.24. The molecule has 5 heteroatoms. The van der Waals surface area contributed by atoms with Gasteiger partial charge in [-0.3, -0.25) is 4.79 Å². The molecule has 1 aromatic carbocycles. The Morgan fingerprint density at radius 1 is 1.60 bits per heavy atom. The number of benzene rings is 1. The highest BCUT2D eigenvalue weighted by Gasteiger charge is 2.12. The van der Waals surface area contributed by atoms with Crippen molar-refractivity contribution >= 4 is 23.3 Å². The van der Waals surface area contributed by atoms with E-state index in [0.717, 1.165) is 0 Å². The van der Waals surface area contributed by atoms with Gasteiger partial charge in [-0.05, 0) is 18.6 Å². The number of esters is 1. The van der Waals surface area contributed by atoms with Gasteiger partial charge in [0, 0.05) is 0 Å². The van der Waals surface area contributed by atoms with Crippen LogP contribution in [0.15, 0.2) is 12.1 Å². The Morgan fingerprint density at radius 2 is 2.27 bits per heavy atom. The lowest BCUT2D eigenvalue weighted by atomic mass is 10.1. The first-order valence-electron chi connectivity index (χ1n) is 4.44. The number of rotatable bonds is 3. The van der Waals surface area contributed by atoms with Gasteiger partial charge in [0.1, 0.15) is 0 Å². The molecule has 1 rings (SSSR count). The Bertz CT molecular complexity index is 382. The molecule has 2 N–H and O–H groups in total. The van der Waals surface area contributed by atoms with Gasteiger partial charge in [0.15, 0.2) is 5.82 Å². The second kappa shape index (κ2) is 4.98. The van der Waals surface area contributed by atoms with Gasteiger partial charge < -0.3 is 10.5 Å². The summed E-state index contributed by atoms with van der Waals surface area (Å²) in [5.41, 5.74) is 5.74. The van der Waals surface area contributed by atoms with Crippen LogP contribution in [0.5, 0.6) is 0 Å². The lowest BCUT2D eigenvalue weighted by Crippen LogP contribution is -2.10. The monoisotopic (exact) mass is 231 g/mol. The number of nitrogens with two attached hydrogens (primary N) is 1. The summed E-state index contributed by atoms with van der Waals surface area (Å²) in [6, 6.07) is 2.87. The lowest BCUT2D eigenvalue weighted by molar-refractivity contribution is -0.142. The van der Waals surface area contributed by atoms with Crippen LogP contribution in [0.3, 0.4) is 0 Å². The minimum atomic E-state index is -0.696. The molecule has 0 amide bonds. The minimum absolute atomic E-state index is 0.0479. The molecular formula is C10H11ClFNO2. The van der Waals surface area contributed by atoms with E-state index in [2.05, 4.69) is 0 Å². The summed E-state index contributed by atoms with van der Waals surface area (Å²) in [7, 11) is 0. The average molecular weight is 232 g/mol. The molecule has 0 saturated carbocycles. The zero-order chi connectivity index (χ0) is 11.4. The van der Waals surface area contributed by atoms with Crippen LogP contribution in [0.1, 0.15) is 12.5 Å². The Morgan fingerprint density at radius 3 is 2.87 bits per heavy atom. The average Bonchev–Trinajstić information content (AvgIpc) is 2.20. The van der Waals surface area contributed by atoms with Crippen LogP contribution < -0.4 is 5.73 Å². The third-order valence-electron chi connectivity index (χ3n) is 1.86. The van der Waals surface area contributed by atoms with E-state index in [-0.39, 0.29) is 23.7 Å². The van der Waals surface area contributed by atoms with Crippen LogP contribution in [-0.2, 0) is 16.0 Å². The number of nitrogen functional groups attached to an aromatic ring is 1. The highest BCUT2D eigenvalue weighted by atomic mass is 35.5. The fraction of sp³-hybridized carbons (Fsp3) is 0.300. The van der Waals surface area contributed by atoms with Crippen molar-refractivity contribution < 1.29 is 13.9 Å². The van der Waals surface area contributed by atoms with Gasteiger partial charge in [-0.25, -0.2) is 4.39 Å². The summed E-state index contributed by atoms with van der Waals surface area (Å²) < 4.78 is 17.9. The zero-order valence-electron chi connectivity index (χ0n) is 8.22. The predicted molar refractivity (Wildman–Crippen MR) is 56.2 cm³/mol. The number of anilines is 1. The second-order valence-electron chi connectivity index (χ2n) is 2.92. The van der Waals surface area contributed by atoms with Gasteiger partial charge in [-0.2, -0.15) is 0 Å². The summed E-state index contributed by atoms with van der Waals surface area (Å²) in [6.45, 7) is 1.98. The summed E-state index contributed by atoms with van der Waals surface area (Å²) in [5.74, 6) is -1.13. The summed E-state index contributed by atoms with van der Waals surface area (Å²) in [6.07, 6.45) is -0.0479. The largest absolute Gasteiger partial charge is 0.466 e. The van der Waals surface area contributed by atoms with Crippen molar-refractivity contribution in [2.45, 2.75) is 13.3 Å². The van der Waals surface area contributed by atoms with E-state index in [1.54, 1.807) is 6.92 Å². The Hall–Kier alpha value is -1.29.